The quantitative estimate of drug-likeness (QED) is 0.719. The number of aromatic nitrogens is 2. The standard InChI is InChI=1S/C11H19F2N3/c1-3-6-15(7-4-2)9-10-14-5-8-16(10)11(12)13/h5,8,11H,3-4,6-7,9H2,1-2H3. The van der Waals surface area contributed by atoms with Gasteiger partial charge in [-0.1, -0.05) is 13.8 Å². The van der Waals surface area contributed by atoms with Gasteiger partial charge in [0.15, 0.2) is 0 Å². The summed E-state index contributed by atoms with van der Waals surface area (Å²) in [5, 5.41) is 0. The van der Waals surface area contributed by atoms with E-state index >= 15 is 0 Å². The lowest BCUT2D eigenvalue weighted by atomic mass is 10.3. The van der Waals surface area contributed by atoms with Gasteiger partial charge in [0.2, 0.25) is 0 Å². The van der Waals surface area contributed by atoms with E-state index in [-0.39, 0.29) is 0 Å². The van der Waals surface area contributed by atoms with E-state index in [4.69, 9.17) is 0 Å². The van der Waals surface area contributed by atoms with Crippen LogP contribution in [0.4, 0.5) is 8.78 Å². The number of hydrogen-bond donors (Lipinski definition) is 0. The predicted molar refractivity (Wildman–Crippen MR) is 59.3 cm³/mol. The lowest BCUT2D eigenvalue weighted by Gasteiger charge is -2.20. The minimum absolute atomic E-state index is 0.442. The van der Waals surface area contributed by atoms with Crippen LogP contribution in [0.25, 0.3) is 0 Å². The van der Waals surface area contributed by atoms with Gasteiger partial charge in [0, 0.05) is 12.4 Å². The van der Waals surface area contributed by atoms with E-state index in [9.17, 15) is 8.78 Å². The van der Waals surface area contributed by atoms with Gasteiger partial charge in [-0.25, -0.2) is 4.98 Å². The third kappa shape index (κ3) is 3.56. The zero-order valence-corrected chi connectivity index (χ0v) is 9.87. The van der Waals surface area contributed by atoms with Crippen LogP contribution in [0.5, 0.6) is 0 Å². The number of nitrogens with zero attached hydrogens (tertiary/aromatic N) is 3. The number of halogens is 2. The van der Waals surface area contributed by atoms with Gasteiger partial charge in [0.05, 0.1) is 6.54 Å². The molecule has 16 heavy (non-hydrogen) atoms. The van der Waals surface area contributed by atoms with Gasteiger partial charge in [-0.3, -0.25) is 9.47 Å². The smallest absolute Gasteiger partial charge is 0.296 e. The Morgan fingerprint density at radius 1 is 1.31 bits per heavy atom. The molecule has 0 aromatic carbocycles. The third-order valence-electron chi connectivity index (χ3n) is 2.40. The van der Waals surface area contributed by atoms with E-state index in [2.05, 4.69) is 23.7 Å². The normalized spacial score (nSPS) is 11.6. The highest BCUT2D eigenvalue weighted by molar-refractivity contribution is 4.92. The molecule has 92 valence electrons. The molecule has 0 fully saturated rings. The molecule has 0 unspecified atom stereocenters. The van der Waals surface area contributed by atoms with Crippen molar-refractivity contribution in [3.05, 3.63) is 18.2 Å². The fraction of sp³-hybridized carbons (Fsp3) is 0.727. The molecule has 1 aromatic heterocycles. The second-order valence-electron chi connectivity index (χ2n) is 3.80. The molecule has 0 aliphatic heterocycles. The number of imidazole rings is 1. The average molecular weight is 231 g/mol. The Hall–Kier alpha value is -0.970. The number of hydrogen-bond acceptors (Lipinski definition) is 2. The van der Waals surface area contributed by atoms with Crippen LogP contribution < -0.4 is 0 Å². The summed E-state index contributed by atoms with van der Waals surface area (Å²) in [6, 6.07) is 0. The van der Waals surface area contributed by atoms with Crippen molar-refractivity contribution >= 4 is 0 Å². The third-order valence-corrected chi connectivity index (χ3v) is 2.40. The molecule has 0 saturated carbocycles. The summed E-state index contributed by atoms with van der Waals surface area (Å²) in [6.07, 6.45) is 4.80. The van der Waals surface area contributed by atoms with Crippen LogP contribution in [0.3, 0.4) is 0 Å². The van der Waals surface area contributed by atoms with E-state index < -0.39 is 6.55 Å². The van der Waals surface area contributed by atoms with Crippen LogP contribution in [-0.2, 0) is 6.54 Å². The monoisotopic (exact) mass is 231 g/mol. The van der Waals surface area contributed by atoms with Crippen molar-refractivity contribution in [1.82, 2.24) is 14.5 Å². The van der Waals surface area contributed by atoms with Crippen molar-refractivity contribution in [2.45, 2.75) is 39.8 Å². The first-order valence-electron chi connectivity index (χ1n) is 5.71. The van der Waals surface area contributed by atoms with E-state index in [1.54, 1.807) is 0 Å². The summed E-state index contributed by atoms with van der Waals surface area (Å²) < 4.78 is 26.1. The zero-order valence-electron chi connectivity index (χ0n) is 9.87. The SMILES string of the molecule is CCCN(CCC)Cc1nccn1C(F)F. The molecule has 1 heterocycles. The minimum atomic E-state index is -2.50. The first kappa shape index (κ1) is 13.1. The Labute approximate surface area is 95.1 Å². The van der Waals surface area contributed by atoms with Crippen LogP contribution in [-0.4, -0.2) is 27.5 Å². The van der Waals surface area contributed by atoms with Gasteiger partial charge in [0.25, 0.3) is 0 Å². The second kappa shape index (κ2) is 6.58. The second-order valence-corrected chi connectivity index (χ2v) is 3.80. The molecule has 1 aromatic rings. The van der Waals surface area contributed by atoms with Crippen LogP contribution >= 0.6 is 0 Å². The lowest BCUT2D eigenvalue weighted by Crippen LogP contribution is -2.26. The molecule has 0 spiro atoms. The minimum Gasteiger partial charge on any atom is -0.296 e. The summed E-state index contributed by atoms with van der Waals surface area (Å²) >= 11 is 0. The first-order chi connectivity index (χ1) is 7.69. The van der Waals surface area contributed by atoms with Crippen molar-refractivity contribution in [3.8, 4) is 0 Å². The molecule has 0 atom stereocenters. The summed E-state index contributed by atoms with van der Waals surface area (Å²) in [7, 11) is 0. The Morgan fingerprint density at radius 3 is 2.44 bits per heavy atom. The number of rotatable bonds is 7. The molecule has 3 nitrogen and oxygen atoms in total. The van der Waals surface area contributed by atoms with Gasteiger partial charge < -0.3 is 0 Å². The molecule has 0 radical (unpaired) electrons. The van der Waals surface area contributed by atoms with Gasteiger partial charge in [-0.05, 0) is 25.9 Å². The van der Waals surface area contributed by atoms with Gasteiger partial charge >= 0.3 is 6.55 Å². The lowest BCUT2D eigenvalue weighted by molar-refractivity contribution is 0.0638. The van der Waals surface area contributed by atoms with Crippen molar-refractivity contribution in [2.75, 3.05) is 13.1 Å². The summed E-state index contributed by atoms with van der Waals surface area (Å²) in [4.78, 5) is 6.14. The van der Waals surface area contributed by atoms with E-state index in [1.165, 1.54) is 12.4 Å². The highest BCUT2D eigenvalue weighted by atomic mass is 19.3. The van der Waals surface area contributed by atoms with E-state index in [1.807, 2.05) is 0 Å². The van der Waals surface area contributed by atoms with Gasteiger partial charge in [0.1, 0.15) is 5.82 Å². The summed E-state index contributed by atoms with van der Waals surface area (Å²) in [5.74, 6) is 0.442. The van der Waals surface area contributed by atoms with Crippen LogP contribution in [0.15, 0.2) is 12.4 Å². The Morgan fingerprint density at radius 2 is 1.94 bits per heavy atom. The zero-order chi connectivity index (χ0) is 12.0. The highest BCUT2D eigenvalue weighted by Crippen LogP contribution is 2.14. The number of alkyl halides is 2. The maximum atomic E-state index is 12.6. The maximum Gasteiger partial charge on any atom is 0.319 e. The highest BCUT2D eigenvalue weighted by Gasteiger charge is 2.13. The largest absolute Gasteiger partial charge is 0.319 e. The van der Waals surface area contributed by atoms with Gasteiger partial charge in [-0.2, -0.15) is 8.78 Å². The van der Waals surface area contributed by atoms with Crippen molar-refractivity contribution < 1.29 is 8.78 Å². The molecule has 0 N–H and O–H groups in total. The Bertz CT molecular complexity index is 293. The van der Waals surface area contributed by atoms with Crippen molar-refractivity contribution in [3.63, 3.8) is 0 Å². The molecule has 0 saturated heterocycles. The molecular weight excluding hydrogens is 212 g/mol. The molecule has 0 aliphatic carbocycles. The van der Waals surface area contributed by atoms with E-state index in [0.717, 1.165) is 30.5 Å². The van der Waals surface area contributed by atoms with Crippen LogP contribution in [0, 0.1) is 0 Å². The molecule has 0 amide bonds. The van der Waals surface area contributed by atoms with E-state index in [0.29, 0.717) is 12.4 Å². The fourth-order valence-corrected chi connectivity index (χ4v) is 1.75. The maximum absolute atomic E-state index is 12.6. The summed E-state index contributed by atoms with van der Waals surface area (Å²) in [5.41, 5.74) is 0. The van der Waals surface area contributed by atoms with Crippen LogP contribution in [0.1, 0.15) is 39.1 Å². The van der Waals surface area contributed by atoms with Crippen molar-refractivity contribution in [1.29, 1.82) is 0 Å². The molecule has 0 bridgehead atoms. The molecule has 5 heteroatoms. The average Bonchev–Trinajstić information content (AvgIpc) is 2.66. The Balaban J connectivity index is 2.64. The first-order valence-corrected chi connectivity index (χ1v) is 5.71. The molecule has 1 rings (SSSR count). The summed E-state index contributed by atoms with van der Waals surface area (Å²) in [6.45, 7) is 4.01. The Kier molecular flexibility index (Phi) is 5.38. The van der Waals surface area contributed by atoms with Crippen molar-refractivity contribution in [2.24, 2.45) is 0 Å². The molecular formula is C11H19F2N3. The van der Waals surface area contributed by atoms with Crippen LogP contribution in [0.2, 0.25) is 0 Å². The predicted octanol–water partition coefficient (Wildman–Crippen LogP) is 2.90. The molecule has 0 aliphatic rings. The van der Waals surface area contributed by atoms with Gasteiger partial charge in [-0.15, -0.1) is 0 Å². The fourth-order valence-electron chi connectivity index (χ4n) is 1.75. The topological polar surface area (TPSA) is 21.1 Å².